The monoisotopic (exact) mass is 359 g/mol. The van der Waals surface area contributed by atoms with Crippen molar-refractivity contribution in [2.75, 3.05) is 6.54 Å². The zero-order chi connectivity index (χ0) is 13.8. The van der Waals surface area contributed by atoms with Crippen molar-refractivity contribution in [3.05, 3.63) is 56.5 Å². The fourth-order valence-electron chi connectivity index (χ4n) is 1.70. The number of hydrogen-bond donors (Lipinski definition) is 1. The minimum atomic E-state index is 0.508. The Balaban J connectivity index is 2.35. The van der Waals surface area contributed by atoms with E-state index in [0.29, 0.717) is 34.5 Å². The van der Waals surface area contributed by atoms with Gasteiger partial charge in [0.05, 0.1) is 5.02 Å². The quantitative estimate of drug-likeness (QED) is 0.827. The molecular weight excluding hydrogens is 349 g/mol. The average Bonchev–Trinajstić information content (AvgIpc) is 2.37. The Kier molecular flexibility index (Phi) is 5.11. The number of benzene rings is 2. The molecule has 0 saturated carbocycles. The molecule has 0 aliphatic rings. The molecule has 2 aromatic rings. The third-order valence-corrected chi connectivity index (χ3v) is 3.73. The van der Waals surface area contributed by atoms with Crippen LogP contribution in [0.3, 0.4) is 0 Å². The summed E-state index contributed by atoms with van der Waals surface area (Å²) >= 11 is 15.7. The van der Waals surface area contributed by atoms with Gasteiger partial charge in [-0.1, -0.05) is 45.2 Å². The molecule has 0 bridgehead atoms. The van der Waals surface area contributed by atoms with Crippen LogP contribution in [0.25, 0.3) is 0 Å². The van der Waals surface area contributed by atoms with Gasteiger partial charge < -0.3 is 10.5 Å². The lowest BCUT2D eigenvalue weighted by atomic mass is 10.1. The number of rotatable bonds is 4. The standard InChI is InChI=1S/C14H12BrCl2NO/c15-9-4-5-14(12(17)8-9)19-13-3-1-2-11(16)10(13)6-7-18/h1-5,8H,6-7,18H2. The summed E-state index contributed by atoms with van der Waals surface area (Å²) in [7, 11) is 0. The molecule has 0 amide bonds. The minimum absolute atomic E-state index is 0.508. The third kappa shape index (κ3) is 3.63. The predicted molar refractivity (Wildman–Crippen MR) is 83.4 cm³/mol. The van der Waals surface area contributed by atoms with Crippen LogP contribution in [0.15, 0.2) is 40.9 Å². The molecule has 2 nitrogen and oxygen atoms in total. The zero-order valence-corrected chi connectivity index (χ0v) is 13.1. The van der Waals surface area contributed by atoms with Gasteiger partial charge in [0, 0.05) is 15.1 Å². The van der Waals surface area contributed by atoms with Crippen molar-refractivity contribution in [3.8, 4) is 11.5 Å². The lowest BCUT2D eigenvalue weighted by Gasteiger charge is -2.13. The largest absolute Gasteiger partial charge is 0.455 e. The number of halogens is 3. The molecule has 0 unspecified atom stereocenters. The highest BCUT2D eigenvalue weighted by molar-refractivity contribution is 9.10. The summed E-state index contributed by atoms with van der Waals surface area (Å²) in [5.41, 5.74) is 6.49. The van der Waals surface area contributed by atoms with Gasteiger partial charge >= 0.3 is 0 Å². The summed E-state index contributed by atoms with van der Waals surface area (Å²) < 4.78 is 6.74. The Labute approximate surface area is 130 Å². The Morgan fingerprint density at radius 2 is 1.84 bits per heavy atom. The lowest BCUT2D eigenvalue weighted by Crippen LogP contribution is -2.04. The van der Waals surface area contributed by atoms with Crippen molar-refractivity contribution in [3.63, 3.8) is 0 Å². The van der Waals surface area contributed by atoms with E-state index >= 15 is 0 Å². The molecule has 0 radical (unpaired) electrons. The zero-order valence-electron chi connectivity index (χ0n) is 10.00. The molecule has 0 saturated heterocycles. The molecule has 19 heavy (non-hydrogen) atoms. The fraction of sp³-hybridized carbons (Fsp3) is 0.143. The number of hydrogen-bond acceptors (Lipinski definition) is 2. The highest BCUT2D eigenvalue weighted by atomic mass is 79.9. The van der Waals surface area contributed by atoms with Crippen molar-refractivity contribution in [2.24, 2.45) is 5.73 Å². The van der Waals surface area contributed by atoms with Gasteiger partial charge in [-0.25, -0.2) is 0 Å². The summed E-state index contributed by atoms with van der Waals surface area (Å²) in [6.45, 7) is 0.508. The van der Waals surface area contributed by atoms with Crippen LogP contribution in [0, 0.1) is 0 Å². The highest BCUT2D eigenvalue weighted by Crippen LogP contribution is 2.35. The van der Waals surface area contributed by atoms with Crippen LogP contribution in [0.1, 0.15) is 5.56 Å². The molecule has 0 fully saturated rings. The molecule has 2 rings (SSSR count). The molecule has 2 aromatic carbocycles. The van der Waals surface area contributed by atoms with Gasteiger partial charge in [-0.2, -0.15) is 0 Å². The molecule has 0 heterocycles. The topological polar surface area (TPSA) is 35.2 Å². The van der Waals surface area contributed by atoms with Crippen molar-refractivity contribution < 1.29 is 4.74 Å². The molecule has 100 valence electrons. The Hall–Kier alpha value is -0.740. The van der Waals surface area contributed by atoms with Crippen LogP contribution in [-0.4, -0.2) is 6.54 Å². The lowest BCUT2D eigenvalue weighted by molar-refractivity contribution is 0.476. The Morgan fingerprint density at radius 3 is 2.53 bits per heavy atom. The van der Waals surface area contributed by atoms with Gasteiger partial charge in [-0.3, -0.25) is 0 Å². The van der Waals surface area contributed by atoms with Crippen molar-refractivity contribution >= 4 is 39.1 Å². The van der Waals surface area contributed by atoms with E-state index in [0.717, 1.165) is 10.0 Å². The van der Waals surface area contributed by atoms with Crippen molar-refractivity contribution in [1.29, 1.82) is 0 Å². The van der Waals surface area contributed by atoms with E-state index in [1.54, 1.807) is 12.1 Å². The predicted octanol–water partition coefficient (Wildman–Crippen LogP) is 5.05. The van der Waals surface area contributed by atoms with Crippen LogP contribution in [0.2, 0.25) is 10.0 Å². The fourth-order valence-corrected chi connectivity index (χ4v) is 2.67. The van der Waals surface area contributed by atoms with E-state index in [1.165, 1.54) is 0 Å². The maximum Gasteiger partial charge on any atom is 0.146 e. The first-order chi connectivity index (χ1) is 9.11. The van der Waals surface area contributed by atoms with E-state index in [4.69, 9.17) is 33.7 Å². The summed E-state index contributed by atoms with van der Waals surface area (Å²) in [5, 5.41) is 1.18. The van der Waals surface area contributed by atoms with E-state index in [-0.39, 0.29) is 0 Å². The summed E-state index contributed by atoms with van der Waals surface area (Å²) in [6, 6.07) is 11.0. The van der Waals surface area contributed by atoms with Gasteiger partial charge in [0.2, 0.25) is 0 Å². The molecule has 2 N–H and O–H groups in total. The van der Waals surface area contributed by atoms with Crippen LogP contribution in [0.5, 0.6) is 11.5 Å². The van der Waals surface area contributed by atoms with Crippen LogP contribution >= 0.6 is 39.1 Å². The number of nitrogens with two attached hydrogens (primary N) is 1. The first-order valence-corrected chi connectivity index (χ1v) is 7.27. The molecule has 0 spiro atoms. The van der Waals surface area contributed by atoms with E-state index in [1.807, 2.05) is 24.3 Å². The van der Waals surface area contributed by atoms with Crippen LogP contribution < -0.4 is 10.5 Å². The maximum absolute atomic E-state index is 6.16. The average molecular weight is 361 g/mol. The Bertz CT molecular complexity index is 590. The molecule has 0 aromatic heterocycles. The van der Waals surface area contributed by atoms with Crippen molar-refractivity contribution in [1.82, 2.24) is 0 Å². The van der Waals surface area contributed by atoms with Crippen LogP contribution in [0.4, 0.5) is 0 Å². The molecular formula is C14H12BrCl2NO. The van der Waals surface area contributed by atoms with Gasteiger partial charge in [0.25, 0.3) is 0 Å². The summed E-state index contributed by atoms with van der Waals surface area (Å²) in [5.74, 6) is 1.27. The second kappa shape index (κ2) is 6.62. The highest BCUT2D eigenvalue weighted by Gasteiger charge is 2.10. The smallest absolute Gasteiger partial charge is 0.146 e. The maximum atomic E-state index is 6.16. The molecule has 0 aliphatic heterocycles. The summed E-state index contributed by atoms with van der Waals surface area (Å²) in [6.07, 6.45) is 0.656. The first-order valence-electron chi connectivity index (χ1n) is 5.72. The normalized spacial score (nSPS) is 10.5. The number of ether oxygens (including phenoxy) is 1. The van der Waals surface area contributed by atoms with Gasteiger partial charge in [0.15, 0.2) is 0 Å². The second-order valence-electron chi connectivity index (χ2n) is 3.93. The van der Waals surface area contributed by atoms with Gasteiger partial charge in [-0.05, 0) is 43.3 Å². The second-order valence-corrected chi connectivity index (χ2v) is 5.66. The minimum Gasteiger partial charge on any atom is -0.455 e. The molecule has 0 atom stereocenters. The third-order valence-electron chi connectivity index (χ3n) is 2.58. The molecule has 5 heteroatoms. The van der Waals surface area contributed by atoms with Crippen LogP contribution in [-0.2, 0) is 6.42 Å². The molecule has 0 aliphatic carbocycles. The summed E-state index contributed by atoms with van der Waals surface area (Å²) in [4.78, 5) is 0. The SMILES string of the molecule is NCCc1c(Cl)cccc1Oc1ccc(Br)cc1Cl. The first kappa shape index (κ1) is 14.7. The van der Waals surface area contributed by atoms with E-state index < -0.39 is 0 Å². The van der Waals surface area contributed by atoms with Gasteiger partial charge in [0.1, 0.15) is 11.5 Å². The van der Waals surface area contributed by atoms with Gasteiger partial charge in [-0.15, -0.1) is 0 Å². The van der Waals surface area contributed by atoms with E-state index in [2.05, 4.69) is 15.9 Å². The Morgan fingerprint density at radius 1 is 1.05 bits per heavy atom. The van der Waals surface area contributed by atoms with Crippen molar-refractivity contribution in [2.45, 2.75) is 6.42 Å². The van der Waals surface area contributed by atoms with E-state index in [9.17, 15) is 0 Å².